The number of hydrogen-bond donors (Lipinski definition) is 1. The quantitative estimate of drug-likeness (QED) is 0.666. The lowest BCUT2D eigenvalue weighted by Crippen LogP contribution is -2.45. The number of carbonyl (C=O) groups excluding carboxylic acids is 1. The molecule has 0 radical (unpaired) electrons. The summed E-state index contributed by atoms with van der Waals surface area (Å²) in [4.78, 5) is 22.5. The Hall–Kier alpha value is -3.18. The first kappa shape index (κ1) is 20.7. The Kier molecular flexibility index (Phi) is 6.17. The van der Waals surface area contributed by atoms with Crippen LogP contribution in [0.25, 0.3) is 0 Å². The standard InChI is InChI=1S/C27H30N4O/c32-27(26-12-6-7-16-28-26)30-19-22-10-4-5-11-25(22)29-17-15-23-13-14-24(20-30)31(23)18-21-8-2-1-3-9-21/h1-12,16,23-24,29H,13-15,17-20H2/t23-,24+/m0/s1. The fraction of sp³-hybridized carbons (Fsp3) is 0.333. The van der Waals surface area contributed by atoms with Crippen LogP contribution in [-0.4, -0.2) is 45.9 Å². The van der Waals surface area contributed by atoms with Crippen LogP contribution in [0.5, 0.6) is 0 Å². The molecule has 2 aliphatic heterocycles. The summed E-state index contributed by atoms with van der Waals surface area (Å²) in [5.41, 5.74) is 4.12. The summed E-state index contributed by atoms with van der Waals surface area (Å²) in [6.45, 7) is 3.16. The van der Waals surface area contributed by atoms with E-state index in [1.807, 2.05) is 23.1 Å². The molecule has 5 heteroatoms. The van der Waals surface area contributed by atoms with Crippen molar-refractivity contribution in [3.05, 3.63) is 95.8 Å². The minimum atomic E-state index is 0.00256. The molecule has 1 N–H and O–H groups in total. The summed E-state index contributed by atoms with van der Waals surface area (Å²) >= 11 is 0. The van der Waals surface area contributed by atoms with E-state index < -0.39 is 0 Å². The summed E-state index contributed by atoms with van der Waals surface area (Å²) in [6.07, 6.45) is 5.09. The molecule has 1 aromatic heterocycles. The molecule has 3 aromatic rings. The summed E-state index contributed by atoms with van der Waals surface area (Å²) in [7, 11) is 0. The van der Waals surface area contributed by atoms with E-state index in [0.29, 0.717) is 30.9 Å². The number of nitrogens with zero attached hydrogens (tertiary/aromatic N) is 3. The first-order valence-corrected chi connectivity index (χ1v) is 11.6. The molecule has 0 aliphatic carbocycles. The van der Waals surface area contributed by atoms with Gasteiger partial charge in [0.25, 0.3) is 5.91 Å². The summed E-state index contributed by atoms with van der Waals surface area (Å²) in [6, 6.07) is 25.5. The average Bonchev–Trinajstić information content (AvgIpc) is 3.19. The fourth-order valence-corrected chi connectivity index (χ4v) is 5.11. The predicted octanol–water partition coefficient (Wildman–Crippen LogP) is 4.57. The molecule has 1 amide bonds. The van der Waals surface area contributed by atoms with Gasteiger partial charge in [-0.3, -0.25) is 14.7 Å². The van der Waals surface area contributed by atoms with Gasteiger partial charge in [0, 0.05) is 50.1 Å². The Morgan fingerprint density at radius 2 is 1.69 bits per heavy atom. The molecule has 0 spiro atoms. The van der Waals surface area contributed by atoms with E-state index in [2.05, 4.69) is 69.8 Å². The number of amides is 1. The van der Waals surface area contributed by atoms with Gasteiger partial charge in [-0.05, 0) is 48.6 Å². The highest BCUT2D eigenvalue weighted by Crippen LogP contribution is 2.31. The molecule has 1 fully saturated rings. The van der Waals surface area contributed by atoms with Crippen molar-refractivity contribution in [1.29, 1.82) is 0 Å². The van der Waals surface area contributed by atoms with Crippen molar-refractivity contribution in [2.24, 2.45) is 0 Å². The van der Waals surface area contributed by atoms with Crippen LogP contribution < -0.4 is 5.32 Å². The number of para-hydroxylation sites is 1. The number of carbonyl (C=O) groups is 1. The van der Waals surface area contributed by atoms with Crippen LogP contribution in [0.4, 0.5) is 5.69 Å². The van der Waals surface area contributed by atoms with Crippen molar-refractivity contribution < 1.29 is 4.79 Å². The summed E-state index contributed by atoms with van der Waals surface area (Å²) < 4.78 is 0. The van der Waals surface area contributed by atoms with Crippen LogP contribution in [0.3, 0.4) is 0 Å². The monoisotopic (exact) mass is 426 g/mol. The molecule has 2 aromatic carbocycles. The van der Waals surface area contributed by atoms with Gasteiger partial charge in [-0.15, -0.1) is 0 Å². The highest BCUT2D eigenvalue weighted by atomic mass is 16.2. The van der Waals surface area contributed by atoms with Gasteiger partial charge in [0.2, 0.25) is 0 Å². The van der Waals surface area contributed by atoms with Crippen LogP contribution in [0.1, 0.15) is 40.9 Å². The maximum atomic E-state index is 13.5. The molecular formula is C27H30N4O. The fourth-order valence-electron chi connectivity index (χ4n) is 5.11. The van der Waals surface area contributed by atoms with E-state index in [1.54, 1.807) is 6.20 Å². The second-order valence-electron chi connectivity index (χ2n) is 8.82. The third kappa shape index (κ3) is 4.53. The van der Waals surface area contributed by atoms with Crippen LogP contribution in [-0.2, 0) is 13.1 Å². The van der Waals surface area contributed by atoms with Gasteiger partial charge in [-0.1, -0.05) is 54.6 Å². The SMILES string of the molecule is O=C(c1ccccn1)N1Cc2ccccc2NCC[C@@H]2CC[C@H](C1)N2Cc1ccccc1. The zero-order valence-corrected chi connectivity index (χ0v) is 18.4. The molecule has 164 valence electrons. The van der Waals surface area contributed by atoms with E-state index in [1.165, 1.54) is 12.0 Å². The van der Waals surface area contributed by atoms with Crippen molar-refractivity contribution in [2.45, 2.75) is 44.4 Å². The average molecular weight is 427 g/mol. The maximum Gasteiger partial charge on any atom is 0.272 e. The van der Waals surface area contributed by atoms with Crippen molar-refractivity contribution in [3.63, 3.8) is 0 Å². The van der Waals surface area contributed by atoms with Crippen LogP contribution in [0.15, 0.2) is 79.0 Å². The third-order valence-electron chi connectivity index (χ3n) is 6.75. The predicted molar refractivity (Wildman–Crippen MR) is 127 cm³/mol. The first-order chi connectivity index (χ1) is 15.8. The summed E-state index contributed by atoms with van der Waals surface area (Å²) in [5.74, 6) is 0.00256. The van der Waals surface area contributed by atoms with Gasteiger partial charge >= 0.3 is 0 Å². The Morgan fingerprint density at radius 3 is 2.53 bits per heavy atom. The highest BCUT2D eigenvalue weighted by Gasteiger charge is 2.35. The van der Waals surface area contributed by atoms with E-state index in [9.17, 15) is 4.79 Å². The van der Waals surface area contributed by atoms with E-state index in [0.717, 1.165) is 37.2 Å². The first-order valence-electron chi connectivity index (χ1n) is 11.6. The number of anilines is 1. The number of pyridine rings is 1. The summed E-state index contributed by atoms with van der Waals surface area (Å²) in [5, 5.41) is 3.65. The lowest BCUT2D eigenvalue weighted by atomic mass is 10.1. The minimum Gasteiger partial charge on any atom is -0.385 e. The normalized spacial score (nSPS) is 21.3. The molecule has 0 saturated carbocycles. The lowest BCUT2D eigenvalue weighted by Gasteiger charge is -2.33. The van der Waals surface area contributed by atoms with Gasteiger partial charge in [0.15, 0.2) is 0 Å². The molecule has 2 aliphatic rings. The van der Waals surface area contributed by atoms with E-state index in [4.69, 9.17) is 0 Å². The molecule has 32 heavy (non-hydrogen) atoms. The topological polar surface area (TPSA) is 48.5 Å². The molecule has 3 heterocycles. The second kappa shape index (κ2) is 9.53. The van der Waals surface area contributed by atoms with Crippen molar-refractivity contribution >= 4 is 11.6 Å². The Balaban J connectivity index is 1.47. The van der Waals surface area contributed by atoms with Crippen LogP contribution in [0, 0.1) is 0 Å². The zero-order valence-electron chi connectivity index (χ0n) is 18.4. The maximum absolute atomic E-state index is 13.5. The number of hydrogen-bond acceptors (Lipinski definition) is 4. The third-order valence-corrected chi connectivity index (χ3v) is 6.75. The largest absolute Gasteiger partial charge is 0.385 e. The van der Waals surface area contributed by atoms with Gasteiger partial charge in [0.1, 0.15) is 5.69 Å². The van der Waals surface area contributed by atoms with Gasteiger partial charge < -0.3 is 10.2 Å². The minimum absolute atomic E-state index is 0.00256. The van der Waals surface area contributed by atoms with Crippen LogP contribution >= 0.6 is 0 Å². The Bertz CT molecular complexity index is 1040. The Labute approximate surface area is 190 Å². The van der Waals surface area contributed by atoms with E-state index in [-0.39, 0.29) is 5.91 Å². The number of fused-ring (bicyclic) bond motifs is 3. The van der Waals surface area contributed by atoms with Gasteiger partial charge in [0.05, 0.1) is 0 Å². The molecule has 5 nitrogen and oxygen atoms in total. The van der Waals surface area contributed by atoms with Crippen molar-refractivity contribution in [1.82, 2.24) is 14.8 Å². The Morgan fingerprint density at radius 1 is 0.906 bits per heavy atom. The van der Waals surface area contributed by atoms with Gasteiger partial charge in [-0.2, -0.15) is 0 Å². The van der Waals surface area contributed by atoms with Crippen LogP contribution in [0.2, 0.25) is 0 Å². The second-order valence-corrected chi connectivity index (χ2v) is 8.82. The molecule has 5 rings (SSSR count). The lowest BCUT2D eigenvalue weighted by molar-refractivity contribution is 0.0657. The molecule has 1 saturated heterocycles. The smallest absolute Gasteiger partial charge is 0.272 e. The highest BCUT2D eigenvalue weighted by molar-refractivity contribution is 5.92. The van der Waals surface area contributed by atoms with E-state index >= 15 is 0 Å². The zero-order chi connectivity index (χ0) is 21.8. The van der Waals surface area contributed by atoms with Crippen molar-refractivity contribution in [3.8, 4) is 0 Å². The molecule has 0 unspecified atom stereocenters. The molecule has 2 atom stereocenters. The number of benzene rings is 2. The number of aromatic nitrogens is 1. The van der Waals surface area contributed by atoms with Crippen molar-refractivity contribution in [2.75, 3.05) is 18.4 Å². The molecule has 2 bridgehead atoms. The number of rotatable bonds is 3. The number of nitrogens with one attached hydrogen (secondary N) is 1. The molecular weight excluding hydrogens is 396 g/mol. The van der Waals surface area contributed by atoms with Gasteiger partial charge in [-0.25, -0.2) is 0 Å².